The predicted octanol–water partition coefficient (Wildman–Crippen LogP) is 7.76. The van der Waals surface area contributed by atoms with Crippen molar-refractivity contribution < 1.29 is 0 Å². The Morgan fingerprint density at radius 3 is 1.61 bits per heavy atom. The van der Waals surface area contributed by atoms with Crippen molar-refractivity contribution in [3.8, 4) is 11.1 Å². The van der Waals surface area contributed by atoms with Crippen molar-refractivity contribution in [1.29, 1.82) is 0 Å². The molecule has 0 aliphatic heterocycles. The highest BCUT2D eigenvalue weighted by Crippen LogP contribution is 2.24. The first-order valence-corrected chi connectivity index (χ1v) is 10.7. The van der Waals surface area contributed by atoms with Crippen LogP contribution >= 0.6 is 0 Å². The molecule has 4 aromatic carbocycles. The number of aryl methyl sites for hydroxylation is 2. The summed E-state index contributed by atoms with van der Waals surface area (Å²) in [6, 6.07) is 37.7. The summed E-state index contributed by atoms with van der Waals surface area (Å²) in [6.45, 7) is 6.29. The van der Waals surface area contributed by atoms with Crippen molar-refractivity contribution in [1.82, 2.24) is 0 Å². The minimum atomic E-state index is -0.0839. The van der Waals surface area contributed by atoms with Gasteiger partial charge in [-0.25, -0.2) is 0 Å². The Morgan fingerprint density at radius 2 is 1.10 bits per heavy atom. The number of hydrogen-bond acceptors (Lipinski definition) is 1. The predicted molar refractivity (Wildman–Crippen MR) is 135 cm³/mol. The molecule has 0 bridgehead atoms. The first-order chi connectivity index (χ1) is 15.0. The van der Waals surface area contributed by atoms with E-state index in [4.69, 9.17) is 5.73 Å². The molecule has 4 aromatic rings. The van der Waals surface area contributed by atoms with Crippen molar-refractivity contribution in [2.45, 2.75) is 26.8 Å². The monoisotopic (exact) mass is 405 g/mol. The lowest BCUT2D eigenvalue weighted by Gasteiger charge is -2.11. The fourth-order valence-corrected chi connectivity index (χ4v) is 3.34. The van der Waals surface area contributed by atoms with Crippen LogP contribution in [0.25, 0.3) is 16.7 Å². The van der Waals surface area contributed by atoms with E-state index >= 15 is 0 Å². The number of rotatable bonds is 4. The third-order valence-corrected chi connectivity index (χ3v) is 5.28. The van der Waals surface area contributed by atoms with Crippen molar-refractivity contribution in [2.75, 3.05) is 0 Å². The van der Waals surface area contributed by atoms with Crippen molar-refractivity contribution in [3.63, 3.8) is 0 Å². The van der Waals surface area contributed by atoms with Gasteiger partial charge in [0, 0.05) is 6.04 Å². The summed E-state index contributed by atoms with van der Waals surface area (Å²) >= 11 is 0. The average Bonchev–Trinajstić information content (AvgIpc) is 2.81. The fraction of sp³-hybridized carbons (Fsp3) is 0.133. The van der Waals surface area contributed by atoms with Gasteiger partial charge >= 0.3 is 0 Å². The lowest BCUT2D eigenvalue weighted by Crippen LogP contribution is -2.07. The third-order valence-electron chi connectivity index (χ3n) is 5.28. The highest BCUT2D eigenvalue weighted by molar-refractivity contribution is 5.70. The minimum absolute atomic E-state index is 0.0839. The van der Waals surface area contributed by atoms with Crippen LogP contribution in [-0.4, -0.2) is 0 Å². The first-order valence-electron chi connectivity index (χ1n) is 10.7. The van der Waals surface area contributed by atoms with Crippen LogP contribution in [0.4, 0.5) is 0 Å². The number of hydrogen-bond donors (Lipinski definition) is 1. The van der Waals surface area contributed by atoms with Crippen LogP contribution in [-0.2, 0) is 0 Å². The van der Waals surface area contributed by atoms with Gasteiger partial charge in [-0.2, -0.15) is 0 Å². The molecule has 156 valence electrons. The van der Waals surface area contributed by atoms with E-state index in [9.17, 15) is 0 Å². The zero-order valence-corrected chi connectivity index (χ0v) is 18.6. The minimum Gasteiger partial charge on any atom is -0.321 e. The molecule has 0 saturated carbocycles. The molecule has 1 unspecified atom stereocenters. The van der Waals surface area contributed by atoms with Gasteiger partial charge in [0.1, 0.15) is 0 Å². The second-order valence-electron chi connectivity index (χ2n) is 7.88. The van der Waals surface area contributed by atoms with E-state index in [0.717, 1.165) is 5.56 Å². The number of benzene rings is 4. The lowest BCUT2D eigenvalue weighted by molar-refractivity contribution is 0.911. The van der Waals surface area contributed by atoms with Gasteiger partial charge in [-0.3, -0.25) is 0 Å². The number of allylic oxidation sites excluding steroid dienone is 1. The Morgan fingerprint density at radius 1 is 0.613 bits per heavy atom. The van der Waals surface area contributed by atoms with E-state index < -0.39 is 0 Å². The summed E-state index contributed by atoms with van der Waals surface area (Å²) in [5.41, 5.74) is 14.9. The molecule has 1 nitrogen and oxygen atoms in total. The van der Waals surface area contributed by atoms with Gasteiger partial charge < -0.3 is 5.73 Å². The van der Waals surface area contributed by atoms with Gasteiger partial charge in [-0.05, 0) is 48.6 Å². The Hall–Kier alpha value is -3.42. The van der Waals surface area contributed by atoms with Gasteiger partial charge in [-0.1, -0.05) is 126 Å². The van der Waals surface area contributed by atoms with Gasteiger partial charge in [0.25, 0.3) is 0 Å². The van der Waals surface area contributed by atoms with Crippen LogP contribution in [0.5, 0.6) is 0 Å². The summed E-state index contributed by atoms with van der Waals surface area (Å²) in [7, 11) is 0. The van der Waals surface area contributed by atoms with E-state index in [2.05, 4.69) is 112 Å². The smallest absolute Gasteiger partial charge is 0.0486 e. The average molecular weight is 406 g/mol. The zero-order chi connectivity index (χ0) is 22.1. The molecule has 0 spiro atoms. The zero-order valence-electron chi connectivity index (χ0n) is 18.6. The highest BCUT2D eigenvalue weighted by Gasteiger charge is 2.05. The molecule has 31 heavy (non-hydrogen) atoms. The molecule has 0 aromatic heterocycles. The summed E-state index contributed by atoms with van der Waals surface area (Å²) < 4.78 is 0. The summed E-state index contributed by atoms with van der Waals surface area (Å²) in [5, 5.41) is 0. The van der Waals surface area contributed by atoms with Crippen LogP contribution in [0.1, 0.15) is 35.2 Å². The summed E-state index contributed by atoms with van der Waals surface area (Å²) in [6.07, 6.45) is 2.13. The van der Waals surface area contributed by atoms with Crippen LogP contribution in [0.3, 0.4) is 0 Å². The number of nitrogens with two attached hydrogens (primary N) is 1. The molecule has 4 rings (SSSR count). The standard InChI is InChI=1S/C23H23N.C7H8/c1-17-8-10-22(11-9-17)23(24)16-18(2)19-12-14-21(15-13-19)20-6-4-3-5-7-20;1-7-5-3-2-4-6-7/h3-16,23H,24H2,1-2H3;2-6H,1H3/b18-16+;. The van der Waals surface area contributed by atoms with Crippen LogP contribution in [0.15, 0.2) is 115 Å². The van der Waals surface area contributed by atoms with Crippen LogP contribution in [0, 0.1) is 13.8 Å². The molecule has 0 heterocycles. The SMILES string of the molecule is C/C(=C\C(N)c1ccc(C)cc1)c1ccc(-c2ccccc2)cc1.Cc1ccccc1. The van der Waals surface area contributed by atoms with E-state index in [1.54, 1.807) is 0 Å². The largest absolute Gasteiger partial charge is 0.321 e. The molecule has 2 N–H and O–H groups in total. The second kappa shape index (κ2) is 11.1. The molecule has 0 radical (unpaired) electrons. The lowest BCUT2D eigenvalue weighted by atomic mass is 9.98. The van der Waals surface area contributed by atoms with Crippen molar-refractivity contribution >= 4 is 5.57 Å². The Bertz CT molecular complexity index is 1080. The Kier molecular flexibility index (Phi) is 7.98. The maximum absolute atomic E-state index is 6.33. The third kappa shape index (κ3) is 6.80. The van der Waals surface area contributed by atoms with Crippen molar-refractivity contribution in [3.05, 3.63) is 138 Å². The molecule has 0 aliphatic rings. The van der Waals surface area contributed by atoms with E-state index in [0.29, 0.717) is 0 Å². The van der Waals surface area contributed by atoms with Crippen LogP contribution in [0.2, 0.25) is 0 Å². The first kappa shape index (κ1) is 22.3. The molecule has 1 atom stereocenters. The summed E-state index contributed by atoms with van der Waals surface area (Å²) in [5.74, 6) is 0. The van der Waals surface area contributed by atoms with Gasteiger partial charge in [0.2, 0.25) is 0 Å². The summed E-state index contributed by atoms with van der Waals surface area (Å²) in [4.78, 5) is 0. The highest BCUT2D eigenvalue weighted by atomic mass is 14.6. The molecular formula is C30H31N. The molecule has 0 aliphatic carbocycles. The molecule has 0 fully saturated rings. The van der Waals surface area contributed by atoms with E-state index in [1.165, 1.54) is 33.4 Å². The molecule has 1 heteroatoms. The normalized spacial score (nSPS) is 11.9. The molecular weight excluding hydrogens is 374 g/mol. The van der Waals surface area contributed by atoms with Gasteiger partial charge in [0.15, 0.2) is 0 Å². The van der Waals surface area contributed by atoms with E-state index in [-0.39, 0.29) is 6.04 Å². The Labute approximate surface area is 186 Å². The van der Waals surface area contributed by atoms with Gasteiger partial charge in [0.05, 0.1) is 0 Å². The molecule has 0 saturated heterocycles. The fourth-order valence-electron chi connectivity index (χ4n) is 3.34. The second-order valence-corrected chi connectivity index (χ2v) is 7.88. The maximum atomic E-state index is 6.33. The van der Waals surface area contributed by atoms with Crippen molar-refractivity contribution in [2.24, 2.45) is 5.73 Å². The molecule has 0 amide bonds. The van der Waals surface area contributed by atoms with Gasteiger partial charge in [-0.15, -0.1) is 0 Å². The maximum Gasteiger partial charge on any atom is 0.0486 e. The quantitative estimate of drug-likeness (QED) is 0.369. The topological polar surface area (TPSA) is 26.0 Å². The Balaban J connectivity index is 0.000000330. The van der Waals surface area contributed by atoms with E-state index in [1.807, 2.05) is 24.3 Å². The van der Waals surface area contributed by atoms with Crippen LogP contribution < -0.4 is 5.73 Å².